The van der Waals surface area contributed by atoms with E-state index in [0.717, 1.165) is 43.0 Å². The molecule has 1 aliphatic rings. The fourth-order valence-electron chi connectivity index (χ4n) is 2.48. The Balaban J connectivity index is 1.87. The molecule has 2 N–H and O–H groups in total. The van der Waals surface area contributed by atoms with Crippen LogP contribution in [0.25, 0.3) is 11.3 Å². The minimum Gasteiger partial charge on any atom is -0.342 e. The van der Waals surface area contributed by atoms with E-state index < -0.39 is 0 Å². The topological polar surface area (TPSA) is 40.7 Å². The molecule has 0 unspecified atom stereocenters. The van der Waals surface area contributed by atoms with Crippen molar-refractivity contribution >= 4 is 11.6 Å². The van der Waals surface area contributed by atoms with Gasteiger partial charge in [0.2, 0.25) is 0 Å². The van der Waals surface area contributed by atoms with Gasteiger partial charge in [0.15, 0.2) is 0 Å². The fourth-order valence-corrected chi connectivity index (χ4v) is 2.75. The van der Waals surface area contributed by atoms with Gasteiger partial charge in [-0.2, -0.15) is 0 Å². The molecule has 0 atom stereocenters. The van der Waals surface area contributed by atoms with Crippen LogP contribution in [-0.2, 0) is 0 Å². The van der Waals surface area contributed by atoms with E-state index in [1.165, 1.54) is 12.1 Å². The number of benzene rings is 1. The predicted molar refractivity (Wildman–Crippen MR) is 73.8 cm³/mol. The van der Waals surface area contributed by atoms with Crippen molar-refractivity contribution in [1.82, 2.24) is 15.3 Å². The first-order valence-electron chi connectivity index (χ1n) is 6.45. The maximum atomic E-state index is 13.0. The van der Waals surface area contributed by atoms with Crippen LogP contribution in [0.2, 0.25) is 5.02 Å². The van der Waals surface area contributed by atoms with E-state index in [1.54, 1.807) is 12.3 Å². The molecule has 0 spiro atoms. The minimum atomic E-state index is -0.327. The molecule has 2 aromatic rings. The van der Waals surface area contributed by atoms with Crippen molar-refractivity contribution in [3.05, 3.63) is 41.1 Å². The summed E-state index contributed by atoms with van der Waals surface area (Å²) in [6.45, 7) is 2.05. The third-order valence-electron chi connectivity index (χ3n) is 3.54. The second-order valence-electron chi connectivity index (χ2n) is 4.83. The third-order valence-corrected chi connectivity index (χ3v) is 3.86. The number of aromatic amines is 1. The molecule has 5 heteroatoms. The number of hydrogen-bond donors (Lipinski definition) is 2. The summed E-state index contributed by atoms with van der Waals surface area (Å²) >= 11 is 6.06. The van der Waals surface area contributed by atoms with Gasteiger partial charge in [0.1, 0.15) is 11.6 Å². The molecule has 3 nitrogen and oxygen atoms in total. The highest BCUT2D eigenvalue weighted by atomic mass is 35.5. The van der Waals surface area contributed by atoms with Gasteiger partial charge in [-0.05, 0) is 44.1 Å². The summed E-state index contributed by atoms with van der Waals surface area (Å²) in [5.41, 5.74) is 1.63. The molecule has 1 fully saturated rings. The van der Waals surface area contributed by atoms with Crippen molar-refractivity contribution in [2.75, 3.05) is 13.1 Å². The van der Waals surface area contributed by atoms with Crippen molar-refractivity contribution in [3.63, 3.8) is 0 Å². The quantitative estimate of drug-likeness (QED) is 0.885. The van der Waals surface area contributed by atoms with Crippen molar-refractivity contribution < 1.29 is 4.39 Å². The van der Waals surface area contributed by atoms with E-state index in [4.69, 9.17) is 11.6 Å². The van der Waals surface area contributed by atoms with Crippen LogP contribution in [0, 0.1) is 5.82 Å². The van der Waals surface area contributed by atoms with Gasteiger partial charge in [0.25, 0.3) is 0 Å². The van der Waals surface area contributed by atoms with E-state index in [2.05, 4.69) is 15.3 Å². The summed E-state index contributed by atoms with van der Waals surface area (Å²) in [5.74, 6) is 1.14. The zero-order valence-corrected chi connectivity index (χ0v) is 11.2. The van der Waals surface area contributed by atoms with Gasteiger partial charge in [0, 0.05) is 11.5 Å². The van der Waals surface area contributed by atoms with Crippen LogP contribution in [0.3, 0.4) is 0 Å². The number of piperidine rings is 1. The second-order valence-corrected chi connectivity index (χ2v) is 5.24. The van der Waals surface area contributed by atoms with Crippen LogP contribution in [0.4, 0.5) is 4.39 Å². The maximum absolute atomic E-state index is 13.0. The van der Waals surface area contributed by atoms with Gasteiger partial charge in [-0.3, -0.25) is 0 Å². The Morgan fingerprint density at radius 2 is 2.05 bits per heavy atom. The Bertz CT molecular complexity index is 576. The summed E-state index contributed by atoms with van der Waals surface area (Å²) in [5, 5.41) is 3.74. The number of halogens is 2. The molecule has 1 saturated heterocycles. The van der Waals surface area contributed by atoms with Gasteiger partial charge in [-0.25, -0.2) is 9.37 Å². The second kappa shape index (κ2) is 5.31. The van der Waals surface area contributed by atoms with Crippen LogP contribution < -0.4 is 5.32 Å². The summed E-state index contributed by atoms with van der Waals surface area (Å²) in [7, 11) is 0. The lowest BCUT2D eigenvalue weighted by molar-refractivity contribution is 0.447. The fraction of sp³-hybridized carbons (Fsp3) is 0.357. The molecule has 1 aromatic carbocycles. The van der Waals surface area contributed by atoms with Gasteiger partial charge >= 0.3 is 0 Å². The Morgan fingerprint density at radius 3 is 2.79 bits per heavy atom. The van der Waals surface area contributed by atoms with E-state index in [9.17, 15) is 4.39 Å². The van der Waals surface area contributed by atoms with Crippen molar-refractivity contribution in [3.8, 4) is 11.3 Å². The Labute approximate surface area is 116 Å². The number of H-pyrrole nitrogens is 1. The molecule has 0 aliphatic carbocycles. The molecule has 19 heavy (non-hydrogen) atoms. The van der Waals surface area contributed by atoms with Gasteiger partial charge in [0.05, 0.1) is 16.9 Å². The highest BCUT2D eigenvalue weighted by molar-refractivity contribution is 6.33. The lowest BCUT2D eigenvalue weighted by Gasteiger charge is -2.20. The SMILES string of the molecule is Fc1ccc(-c2cnc(C3CCNCC3)[nH]2)c(Cl)c1. The zero-order valence-electron chi connectivity index (χ0n) is 10.4. The van der Waals surface area contributed by atoms with Crippen molar-refractivity contribution in [2.24, 2.45) is 0 Å². The molecule has 100 valence electrons. The van der Waals surface area contributed by atoms with Crippen LogP contribution in [0.15, 0.2) is 24.4 Å². The van der Waals surface area contributed by atoms with Gasteiger partial charge in [-0.1, -0.05) is 11.6 Å². The highest BCUT2D eigenvalue weighted by Crippen LogP contribution is 2.29. The smallest absolute Gasteiger partial charge is 0.124 e. The molecular weight excluding hydrogens is 265 g/mol. The van der Waals surface area contributed by atoms with Crippen LogP contribution in [-0.4, -0.2) is 23.1 Å². The molecule has 0 amide bonds. The van der Waals surface area contributed by atoms with E-state index >= 15 is 0 Å². The normalized spacial score (nSPS) is 16.7. The third kappa shape index (κ3) is 2.65. The standard InChI is InChI=1S/C14H15ClFN3/c15-12-7-10(16)1-2-11(12)13-8-18-14(19-13)9-3-5-17-6-4-9/h1-2,7-9,17H,3-6H2,(H,18,19). The summed E-state index contributed by atoms with van der Waals surface area (Å²) < 4.78 is 13.0. The largest absolute Gasteiger partial charge is 0.342 e. The maximum Gasteiger partial charge on any atom is 0.124 e. The molecule has 1 aliphatic heterocycles. The van der Waals surface area contributed by atoms with E-state index in [0.29, 0.717) is 10.9 Å². The molecule has 0 bridgehead atoms. The molecule has 0 radical (unpaired) electrons. The number of rotatable bonds is 2. The number of nitrogens with one attached hydrogen (secondary N) is 2. The van der Waals surface area contributed by atoms with Crippen molar-refractivity contribution in [1.29, 1.82) is 0 Å². The first-order chi connectivity index (χ1) is 9.24. The van der Waals surface area contributed by atoms with E-state index in [1.807, 2.05) is 0 Å². The Morgan fingerprint density at radius 1 is 1.26 bits per heavy atom. The van der Waals surface area contributed by atoms with Crippen LogP contribution in [0.5, 0.6) is 0 Å². The van der Waals surface area contributed by atoms with Gasteiger partial charge < -0.3 is 10.3 Å². The number of hydrogen-bond acceptors (Lipinski definition) is 2. The number of imidazole rings is 1. The first kappa shape index (κ1) is 12.6. The highest BCUT2D eigenvalue weighted by Gasteiger charge is 2.18. The Kier molecular flexibility index (Phi) is 3.53. The average Bonchev–Trinajstić information content (AvgIpc) is 2.89. The lowest BCUT2D eigenvalue weighted by Crippen LogP contribution is -2.27. The predicted octanol–water partition coefficient (Wildman–Crippen LogP) is 3.34. The Hall–Kier alpha value is -1.39. The minimum absolute atomic E-state index is 0.327. The monoisotopic (exact) mass is 279 g/mol. The number of nitrogens with zero attached hydrogens (tertiary/aromatic N) is 1. The molecule has 3 rings (SSSR count). The number of aromatic nitrogens is 2. The molecule has 0 saturated carbocycles. The molecule has 1 aromatic heterocycles. The van der Waals surface area contributed by atoms with Crippen LogP contribution >= 0.6 is 11.6 Å². The zero-order chi connectivity index (χ0) is 13.2. The molecular formula is C14H15ClFN3. The van der Waals surface area contributed by atoms with Crippen LogP contribution in [0.1, 0.15) is 24.6 Å². The van der Waals surface area contributed by atoms with Gasteiger partial charge in [-0.15, -0.1) is 0 Å². The lowest BCUT2D eigenvalue weighted by atomic mass is 9.98. The average molecular weight is 280 g/mol. The first-order valence-corrected chi connectivity index (χ1v) is 6.83. The summed E-state index contributed by atoms with van der Waals surface area (Å²) in [6.07, 6.45) is 3.95. The van der Waals surface area contributed by atoms with E-state index in [-0.39, 0.29) is 5.82 Å². The van der Waals surface area contributed by atoms with Crippen molar-refractivity contribution in [2.45, 2.75) is 18.8 Å². The summed E-state index contributed by atoms with van der Waals surface area (Å²) in [6, 6.07) is 4.41. The summed E-state index contributed by atoms with van der Waals surface area (Å²) in [4.78, 5) is 7.76. The molecule has 2 heterocycles.